The van der Waals surface area contributed by atoms with E-state index in [2.05, 4.69) is 11.9 Å². The molecule has 1 saturated heterocycles. The number of ether oxygens (including phenoxy) is 2. The van der Waals surface area contributed by atoms with Crippen LogP contribution in [0.1, 0.15) is 27.7 Å². The van der Waals surface area contributed by atoms with Crippen LogP contribution in [0.2, 0.25) is 0 Å². The zero-order chi connectivity index (χ0) is 26.5. The van der Waals surface area contributed by atoms with Gasteiger partial charge in [-0.1, -0.05) is 6.58 Å². The molecule has 2 amide bonds. The molecule has 0 spiro atoms. The number of hydrogen-bond acceptors (Lipinski definition) is 8. The van der Waals surface area contributed by atoms with Crippen molar-refractivity contribution in [1.29, 1.82) is 0 Å². The van der Waals surface area contributed by atoms with E-state index in [4.69, 9.17) is 31.8 Å². The Morgan fingerprint density at radius 1 is 1.26 bits per heavy atom. The number of halogens is 2. The lowest BCUT2D eigenvalue weighted by molar-refractivity contribution is -0.169. The van der Waals surface area contributed by atoms with E-state index >= 15 is 0 Å². The van der Waals surface area contributed by atoms with E-state index in [9.17, 15) is 23.4 Å². The number of hydrogen-bond donors (Lipinski definition) is 1. The van der Waals surface area contributed by atoms with Crippen molar-refractivity contribution in [1.82, 2.24) is 10.2 Å². The van der Waals surface area contributed by atoms with E-state index in [-0.39, 0.29) is 11.6 Å². The Balaban J connectivity index is 2.02. The summed E-state index contributed by atoms with van der Waals surface area (Å²) in [6, 6.07) is 4.06. The van der Waals surface area contributed by atoms with Crippen LogP contribution in [0.25, 0.3) is 0 Å². The van der Waals surface area contributed by atoms with Gasteiger partial charge in [-0.2, -0.15) is 0 Å². The van der Waals surface area contributed by atoms with E-state index in [1.807, 2.05) is 0 Å². The Bertz CT molecular complexity index is 1030. The van der Waals surface area contributed by atoms with Gasteiger partial charge in [-0.05, 0) is 68.2 Å². The first-order valence-corrected chi connectivity index (χ1v) is 13.9. The number of β-lactam (4-membered cyclic amide) rings is 1. The maximum absolute atomic E-state index is 12.9. The van der Waals surface area contributed by atoms with E-state index in [0.717, 1.165) is 4.90 Å². The highest BCUT2D eigenvalue weighted by Gasteiger charge is 2.56. The molecule has 1 fully saturated rings. The van der Waals surface area contributed by atoms with Gasteiger partial charge in [0.1, 0.15) is 33.3 Å². The summed E-state index contributed by atoms with van der Waals surface area (Å²) in [5.74, 6) is -2.44. The molecular formula is C22H26Cl2N2O7S2. The predicted molar refractivity (Wildman–Crippen MR) is 135 cm³/mol. The summed E-state index contributed by atoms with van der Waals surface area (Å²) in [7, 11) is 3.74. The summed E-state index contributed by atoms with van der Waals surface area (Å²) in [4.78, 5) is 51.0. The largest absolute Gasteiger partial charge is 0.458 e. The minimum atomic E-state index is -2.09. The molecule has 0 bridgehead atoms. The summed E-state index contributed by atoms with van der Waals surface area (Å²) >= 11 is 6.57. The van der Waals surface area contributed by atoms with Gasteiger partial charge in [0.15, 0.2) is 11.4 Å². The number of esters is 2. The minimum absolute atomic E-state index is 0.0534. The lowest BCUT2D eigenvalue weighted by Gasteiger charge is -2.48. The summed E-state index contributed by atoms with van der Waals surface area (Å²) in [6.07, 6.45) is 0. The molecule has 1 heterocycles. The first-order chi connectivity index (χ1) is 16.2. The second-order valence-corrected chi connectivity index (χ2v) is 11.8. The van der Waals surface area contributed by atoms with Crippen molar-refractivity contribution in [3.05, 3.63) is 36.4 Å². The molecule has 1 aliphatic rings. The minimum Gasteiger partial charge on any atom is -0.458 e. The third-order valence-corrected chi connectivity index (χ3v) is 7.15. The number of benzene rings is 1. The van der Waals surface area contributed by atoms with Gasteiger partial charge in [0.2, 0.25) is 11.8 Å². The Morgan fingerprint density at radius 3 is 2.34 bits per heavy atom. The Morgan fingerprint density at radius 2 is 1.86 bits per heavy atom. The average Bonchev–Trinajstić information content (AvgIpc) is 2.75. The molecule has 13 heteroatoms. The number of rotatable bonds is 10. The maximum Gasteiger partial charge on any atom is 0.333 e. The molecule has 1 aromatic rings. The lowest BCUT2D eigenvalue weighted by Crippen LogP contribution is -2.75. The topological polar surface area (TPSA) is 119 Å². The van der Waals surface area contributed by atoms with Crippen molar-refractivity contribution in [2.75, 3.05) is 11.6 Å². The molecule has 1 aliphatic heterocycles. The number of nitrogens with one attached hydrogen (secondary N) is 1. The van der Waals surface area contributed by atoms with Gasteiger partial charge in [-0.25, -0.2) is 9.00 Å². The summed E-state index contributed by atoms with van der Waals surface area (Å²) in [5.41, 5.74) is -0.511. The highest BCUT2D eigenvalue weighted by molar-refractivity contribution is 8.08. The Labute approximate surface area is 219 Å². The van der Waals surface area contributed by atoms with Crippen LogP contribution in [-0.4, -0.2) is 67.6 Å². The lowest BCUT2D eigenvalue weighted by atomic mass is 9.99. The monoisotopic (exact) mass is 564 g/mol. The normalized spacial score (nSPS) is 19.3. The maximum atomic E-state index is 12.9. The second kappa shape index (κ2) is 12.2. The molecule has 4 atom stereocenters. The fraction of sp³-hybridized carbons (Fsp3) is 0.455. The number of amides is 2. The summed E-state index contributed by atoms with van der Waals surface area (Å²) < 4.78 is 22.6. The van der Waals surface area contributed by atoms with Crippen molar-refractivity contribution in [2.45, 2.75) is 55.6 Å². The van der Waals surface area contributed by atoms with Gasteiger partial charge in [-0.15, -0.1) is 23.4 Å². The quantitative estimate of drug-likeness (QED) is 0.0876. The van der Waals surface area contributed by atoms with Gasteiger partial charge >= 0.3 is 11.9 Å². The van der Waals surface area contributed by atoms with Gasteiger partial charge in [0.25, 0.3) is 0 Å². The fourth-order valence-corrected chi connectivity index (χ4v) is 5.26. The molecular weight excluding hydrogens is 539 g/mol. The van der Waals surface area contributed by atoms with Crippen LogP contribution in [0.5, 0.6) is 5.75 Å². The van der Waals surface area contributed by atoms with Crippen molar-refractivity contribution >= 4 is 67.8 Å². The van der Waals surface area contributed by atoms with Gasteiger partial charge in [0, 0.05) is 4.90 Å². The van der Waals surface area contributed by atoms with Gasteiger partial charge in [0.05, 0.1) is 5.75 Å². The molecule has 0 aromatic heterocycles. The summed E-state index contributed by atoms with van der Waals surface area (Å²) in [5, 5.41) is 1.39. The summed E-state index contributed by atoms with van der Waals surface area (Å²) in [6.45, 7) is 10.3. The number of thioether (sulfide) groups is 1. The van der Waals surface area contributed by atoms with Crippen LogP contribution in [0, 0.1) is 0 Å². The number of alkyl halides is 1. The smallest absolute Gasteiger partial charge is 0.333 e. The van der Waals surface area contributed by atoms with Crippen molar-refractivity contribution < 1.29 is 32.9 Å². The molecule has 1 aromatic carbocycles. The molecule has 9 nitrogen and oxygen atoms in total. The average molecular weight is 565 g/mol. The van der Waals surface area contributed by atoms with Crippen LogP contribution < -0.4 is 10.1 Å². The fourth-order valence-electron chi connectivity index (χ4n) is 3.13. The molecule has 0 radical (unpaired) electrons. The van der Waals surface area contributed by atoms with Crippen LogP contribution in [0.15, 0.2) is 41.3 Å². The van der Waals surface area contributed by atoms with Crippen LogP contribution in [0.3, 0.4) is 0 Å². The van der Waals surface area contributed by atoms with Crippen molar-refractivity contribution in [2.24, 2.45) is 0 Å². The number of nitrogens with zero attached hydrogens (tertiary/aromatic N) is 1. The molecule has 4 unspecified atom stereocenters. The molecule has 0 saturated carbocycles. The predicted octanol–water partition coefficient (Wildman–Crippen LogP) is 2.76. The van der Waals surface area contributed by atoms with Crippen LogP contribution >= 0.6 is 34.0 Å². The van der Waals surface area contributed by atoms with E-state index in [0.29, 0.717) is 16.2 Å². The second-order valence-electron chi connectivity index (χ2n) is 8.58. The van der Waals surface area contributed by atoms with E-state index < -0.39 is 56.8 Å². The highest BCUT2D eigenvalue weighted by Crippen LogP contribution is 2.31. The standard InChI is InChI=1S/C22H26Cl2N2O7S2/c1-12(2)18(21(30)33-22(3,4)5)26-19(29)17(20(26)35(24)31)25-15(27)11-34-14-8-6-13(7-9-14)32-16(28)10-23/h6-9,17-18,20H,1,10-11H2,2-5H3,(H,25,27). The molecule has 35 heavy (non-hydrogen) atoms. The van der Waals surface area contributed by atoms with E-state index in [1.54, 1.807) is 52.0 Å². The third kappa shape index (κ3) is 7.96. The van der Waals surface area contributed by atoms with E-state index in [1.165, 1.54) is 11.8 Å². The van der Waals surface area contributed by atoms with Crippen molar-refractivity contribution in [3.8, 4) is 5.75 Å². The Hall–Kier alpha value is -2.08. The molecule has 2 rings (SSSR count). The number of carbonyl (C=O) groups is 4. The number of likely N-dealkylation sites (tertiary alicyclic amines) is 1. The zero-order valence-corrected chi connectivity index (χ0v) is 22.7. The molecule has 192 valence electrons. The van der Waals surface area contributed by atoms with Crippen LogP contribution in [0.4, 0.5) is 0 Å². The zero-order valence-electron chi connectivity index (χ0n) is 19.5. The van der Waals surface area contributed by atoms with Crippen molar-refractivity contribution in [3.63, 3.8) is 0 Å². The first kappa shape index (κ1) is 29.2. The highest BCUT2D eigenvalue weighted by atomic mass is 35.7. The molecule has 1 N–H and O–H groups in total. The van der Waals surface area contributed by atoms with Crippen LogP contribution in [-0.2, 0) is 33.9 Å². The third-order valence-electron chi connectivity index (χ3n) is 4.50. The SMILES string of the molecule is C=C(C)C(C(=O)OC(C)(C)C)N1C(=O)C(NC(=O)CSc2ccc(OC(=O)CCl)cc2)C1S(=O)Cl. The first-order valence-electron chi connectivity index (χ1n) is 10.3. The molecule has 0 aliphatic carbocycles. The number of carbonyl (C=O) groups excluding carboxylic acids is 4. The van der Waals surface area contributed by atoms with Gasteiger partial charge < -0.3 is 19.7 Å². The Kier molecular flexibility index (Phi) is 10.2. The van der Waals surface area contributed by atoms with Gasteiger partial charge in [-0.3, -0.25) is 14.4 Å².